The van der Waals surface area contributed by atoms with E-state index in [4.69, 9.17) is 26.0 Å². The van der Waals surface area contributed by atoms with Crippen molar-refractivity contribution in [3.05, 3.63) is 88.3 Å². The maximum atomic E-state index is 13.2. The Balaban J connectivity index is 1.17. The van der Waals surface area contributed by atoms with Crippen LogP contribution >= 0.6 is 0 Å². The summed E-state index contributed by atoms with van der Waals surface area (Å²) in [7, 11) is 4.22. The van der Waals surface area contributed by atoms with Gasteiger partial charge in [-0.2, -0.15) is 9.97 Å². The van der Waals surface area contributed by atoms with Crippen molar-refractivity contribution in [2.24, 2.45) is 0 Å². The van der Waals surface area contributed by atoms with Crippen LogP contribution < -0.4 is 14.5 Å². The average Bonchev–Trinajstić information content (AvgIpc) is 3.03. The molecule has 1 spiro atoms. The summed E-state index contributed by atoms with van der Waals surface area (Å²) in [6.45, 7) is 11.3. The Morgan fingerprint density at radius 1 is 1.02 bits per heavy atom. The molecule has 1 aliphatic carbocycles. The number of fused-ring (bicyclic) bond motifs is 3. The number of nitrogens with zero attached hydrogens (tertiary/aromatic N) is 7. The highest BCUT2D eigenvalue weighted by Gasteiger charge is 2.45. The van der Waals surface area contributed by atoms with Crippen LogP contribution in [0.25, 0.3) is 4.85 Å². The zero-order valence-electron chi connectivity index (χ0n) is 26.2. The van der Waals surface area contributed by atoms with Crippen molar-refractivity contribution in [2.45, 2.75) is 56.4 Å². The number of carbonyl (C=O) groups is 1. The van der Waals surface area contributed by atoms with Crippen LogP contribution in [-0.2, 0) is 29.8 Å². The van der Waals surface area contributed by atoms with Crippen molar-refractivity contribution >= 4 is 17.9 Å². The smallest absolute Gasteiger partial charge is 0.410 e. The SMILES string of the molecule is [C-]#[N+]C[C@H]1CN(c2nc(N3CC(N(C)C)C3)nc3c2CCC2(CCCc4ccccc42)O3)CCN1C(=O)OCc1ccccc1. The number of carbonyl (C=O) groups excluding carboxylic acids is 1. The van der Waals surface area contributed by atoms with Gasteiger partial charge in [-0.15, -0.1) is 0 Å². The van der Waals surface area contributed by atoms with Crippen LogP contribution in [0.1, 0.15) is 41.5 Å². The van der Waals surface area contributed by atoms with E-state index in [-0.39, 0.29) is 30.9 Å². The number of likely N-dealkylation sites (N-methyl/N-ethyl adjacent to an activating group) is 1. The number of benzene rings is 2. The maximum Gasteiger partial charge on any atom is 0.410 e. The lowest BCUT2D eigenvalue weighted by Crippen LogP contribution is -2.58. The third-order valence-corrected chi connectivity index (χ3v) is 9.94. The number of amides is 1. The highest BCUT2D eigenvalue weighted by Crippen LogP contribution is 2.48. The fourth-order valence-corrected chi connectivity index (χ4v) is 7.25. The summed E-state index contributed by atoms with van der Waals surface area (Å²) in [4.78, 5) is 35.6. The van der Waals surface area contributed by atoms with Crippen molar-refractivity contribution in [3.63, 3.8) is 0 Å². The first-order valence-electron chi connectivity index (χ1n) is 16.1. The second kappa shape index (κ2) is 12.2. The normalized spacial score (nSPS) is 22.7. The Morgan fingerprint density at radius 2 is 1.82 bits per heavy atom. The molecule has 2 aromatic carbocycles. The van der Waals surface area contributed by atoms with Gasteiger partial charge in [0.2, 0.25) is 18.4 Å². The van der Waals surface area contributed by atoms with Gasteiger partial charge in [0.05, 0.1) is 5.56 Å². The topological polar surface area (TPSA) is 78.6 Å². The van der Waals surface area contributed by atoms with Gasteiger partial charge in [0.15, 0.2) is 0 Å². The minimum atomic E-state index is -0.380. The number of ether oxygens (including phenoxy) is 2. The molecular weight excluding hydrogens is 566 g/mol. The molecule has 10 nitrogen and oxygen atoms in total. The molecule has 2 atom stereocenters. The van der Waals surface area contributed by atoms with E-state index in [1.165, 1.54) is 11.1 Å². The average molecular weight is 608 g/mol. The molecule has 2 saturated heterocycles. The van der Waals surface area contributed by atoms with Crippen molar-refractivity contribution in [1.82, 2.24) is 19.8 Å². The van der Waals surface area contributed by atoms with E-state index < -0.39 is 0 Å². The Hall–Kier alpha value is -4.36. The Morgan fingerprint density at radius 3 is 2.62 bits per heavy atom. The summed E-state index contributed by atoms with van der Waals surface area (Å²) >= 11 is 0. The maximum absolute atomic E-state index is 13.2. The molecule has 1 unspecified atom stereocenters. The highest BCUT2D eigenvalue weighted by atomic mass is 16.6. The molecule has 0 radical (unpaired) electrons. The number of piperazine rings is 1. The van der Waals surface area contributed by atoms with E-state index in [0.717, 1.165) is 62.1 Å². The third kappa shape index (κ3) is 5.66. The molecule has 3 aliphatic heterocycles. The molecule has 0 saturated carbocycles. The molecule has 4 aliphatic rings. The van der Waals surface area contributed by atoms with Gasteiger partial charge in [-0.25, -0.2) is 11.4 Å². The lowest BCUT2D eigenvalue weighted by Gasteiger charge is -2.46. The Labute approximate surface area is 265 Å². The summed E-state index contributed by atoms with van der Waals surface area (Å²) in [5.74, 6) is 2.24. The van der Waals surface area contributed by atoms with Crippen LogP contribution in [0.15, 0.2) is 54.6 Å². The van der Waals surface area contributed by atoms with Gasteiger partial charge in [0.25, 0.3) is 0 Å². The standard InChI is InChI=1S/C35H41N7O3/c1-36-20-27-21-40(18-19-42(27)34(43)44-24-25-10-5-4-6-11-25)31-29-15-17-35(16-9-13-26-12-7-8-14-30(26)35)45-32(29)38-33(37-31)41-22-28(23-41)39(2)3/h4-8,10-12,14,27-28H,9,13,15-24H2,2-3H3/t27-,35?/m0/s1. The second-order valence-corrected chi connectivity index (χ2v) is 12.9. The van der Waals surface area contributed by atoms with Gasteiger partial charge in [-0.3, -0.25) is 4.90 Å². The van der Waals surface area contributed by atoms with Crippen LogP contribution in [0.3, 0.4) is 0 Å². The molecule has 1 aromatic heterocycles. The van der Waals surface area contributed by atoms with Gasteiger partial charge in [-0.1, -0.05) is 54.6 Å². The first kappa shape index (κ1) is 29.4. The number of aromatic nitrogens is 2. The number of aryl methyl sites for hydroxylation is 1. The van der Waals surface area contributed by atoms with Gasteiger partial charge in [0, 0.05) is 38.8 Å². The number of hydrogen-bond acceptors (Lipinski definition) is 8. The van der Waals surface area contributed by atoms with E-state index in [2.05, 4.69) is 57.9 Å². The van der Waals surface area contributed by atoms with Crippen LogP contribution in [0.5, 0.6) is 5.88 Å². The van der Waals surface area contributed by atoms with Gasteiger partial charge >= 0.3 is 6.09 Å². The van der Waals surface area contributed by atoms with E-state index in [1.807, 2.05) is 30.3 Å². The molecule has 10 heteroatoms. The van der Waals surface area contributed by atoms with E-state index in [1.54, 1.807) is 4.90 Å². The van der Waals surface area contributed by atoms with Crippen molar-refractivity contribution in [1.29, 1.82) is 0 Å². The van der Waals surface area contributed by atoms with Crippen LogP contribution in [0.2, 0.25) is 0 Å². The molecule has 0 N–H and O–H groups in total. The largest absolute Gasteiger partial charge is 0.466 e. The van der Waals surface area contributed by atoms with Crippen molar-refractivity contribution in [2.75, 3.05) is 63.2 Å². The third-order valence-electron chi connectivity index (χ3n) is 9.94. The van der Waals surface area contributed by atoms with Crippen molar-refractivity contribution < 1.29 is 14.3 Å². The summed E-state index contributed by atoms with van der Waals surface area (Å²) in [5.41, 5.74) is 4.25. The summed E-state index contributed by atoms with van der Waals surface area (Å²) in [6, 6.07) is 18.5. The quantitative estimate of drug-likeness (QED) is 0.379. The first-order chi connectivity index (χ1) is 21.9. The molecule has 2 fully saturated rings. The van der Waals surface area contributed by atoms with Crippen molar-refractivity contribution in [3.8, 4) is 5.88 Å². The van der Waals surface area contributed by atoms with Gasteiger partial charge < -0.3 is 29.0 Å². The van der Waals surface area contributed by atoms with E-state index >= 15 is 0 Å². The van der Waals surface area contributed by atoms with Gasteiger partial charge in [-0.05, 0) is 62.9 Å². The lowest BCUT2D eigenvalue weighted by molar-refractivity contribution is 0.0200. The zero-order valence-corrected chi connectivity index (χ0v) is 26.2. The molecule has 7 rings (SSSR count). The zero-order chi connectivity index (χ0) is 31.0. The molecule has 45 heavy (non-hydrogen) atoms. The van der Waals surface area contributed by atoms with E-state index in [0.29, 0.717) is 37.5 Å². The second-order valence-electron chi connectivity index (χ2n) is 12.9. The highest BCUT2D eigenvalue weighted by molar-refractivity contribution is 5.69. The molecule has 1 amide bonds. The summed E-state index contributed by atoms with van der Waals surface area (Å²) in [6.07, 6.45) is 4.45. The fraction of sp³-hybridized carbons (Fsp3) is 0.486. The monoisotopic (exact) mass is 607 g/mol. The summed E-state index contributed by atoms with van der Waals surface area (Å²) in [5, 5.41) is 0. The fourth-order valence-electron chi connectivity index (χ4n) is 7.25. The lowest BCUT2D eigenvalue weighted by atomic mass is 9.75. The van der Waals surface area contributed by atoms with Crippen LogP contribution in [-0.4, -0.2) is 91.3 Å². The minimum absolute atomic E-state index is 0.199. The molecular formula is C35H41N7O3. The first-order valence-corrected chi connectivity index (χ1v) is 16.1. The van der Waals surface area contributed by atoms with Crippen LogP contribution in [0.4, 0.5) is 16.6 Å². The minimum Gasteiger partial charge on any atom is -0.466 e. The van der Waals surface area contributed by atoms with E-state index in [9.17, 15) is 4.79 Å². The van der Waals surface area contributed by atoms with Crippen LogP contribution in [0, 0.1) is 6.57 Å². The van der Waals surface area contributed by atoms with Gasteiger partial charge in [0.1, 0.15) is 24.1 Å². The molecule has 3 aromatic rings. The number of rotatable bonds is 6. The summed E-state index contributed by atoms with van der Waals surface area (Å²) < 4.78 is 12.7. The molecule has 0 bridgehead atoms. The Bertz CT molecular complexity index is 1590. The Kier molecular flexibility index (Phi) is 7.96. The number of anilines is 2. The molecule has 4 heterocycles. The number of hydrogen-bond donors (Lipinski definition) is 0. The predicted molar refractivity (Wildman–Crippen MR) is 173 cm³/mol. The predicted octanol–water partition coefficient (Wildman–Crippen LogP) is 4.53. The molecule has 234 valence electrons.